The third kappa shape index (κ3) is 3.59. The second-order valence-corrected chi connectivity index (χ2v) is 8.80. The molecule has 0 spiro atoms. The summed E-state index contributed by atoms with van der Waals surface area (Å²) in [7, 11) is -3.79. The Bertz CT molecular complexity index is 1020. The normalized spacial score (nSPS) is 15.1. The van der Waals surface area contributed by atoms with Gasteiger partial charge in [0.15, 0.2) is 0 Å². The van der Waals surface area contributed by atoms with E-state index in [0.29, 0.717) is 16.5 Å². The number of sulfone groups is 1. The quantitative estimate of drug-likeness (QED) is 0.626. The van der Waals surface area contributed by atoms with Gasteiger partial charge in [0.1, 0.15) is 0 Å². The van der Waals surface area contributed by atoms with Crippen molar-refractivity contribution in [3.05, 3.63) is 59.6 Å². The highest BCUT2D eigenvalue weighted by molar-refractivity contribution is 7.91. The van der Waals surface area contributed by atoms with Gasteiger partial charge < -0.3 is 9.32 Å². The summed E-state index contributed by atoms with van der Waals surface area (Å²) in [5.41, 5.74) is 0.687. The standard InChI is InChI=1S/C20H19ClN2O3S/c21-16-11-9-15(10-12-16)18-22-19(20(26-18)23-13-5-2-6-14-23)27(24,25)17-7-3-1-4-8-17/h1,3-4,7-12H,2,5-6,13-14H2. The van der Waals surface area contributed by atoms with Crippen LogP contribution in [0.25, 0.3) is 11.5 Å². The zero-order valence-corrected chi connectivity index (χ0v) is 16.2. The molecule has 27 heavy (non-hydrogen) atoms. The van der Waals surface area contributed by atoms with Crippen molar-refractivity contribution < 1.29 is 12.8 Å². The summed E-state index contributed by atoms with van der Waals surface area (Å²) in [5.74, 6) is 0.602. The molecule has 1 aliphatic heterocycles. The van der Waals surface area contributed by atoms with E-state index in [1.165, 1.54) is 0 Å². The van der Waals surface area contributed by atoms with Crippen LogP contribution in [0.3, 0.4) is 0 Å². The molecule has 0 saturated carbocycles. The minimum absolute atomic E-state index is 0.0273. The molecule has 7 heteroatoms. The SMILES string of the molecule is O=S(=O)(c1ccccc1)c1nc(-c2ccc(Cl)cc2)oc1N1CCCCC1. The van der Waals surface area contributed by atoms with Gasteiger partial charge in [0.2, 0.25) is 26.6 Å². The zero-order chi connectivity index (χ0) is 18.9. The van der Waals surface area contributed by atoms with Crippen molar-refractivity contribution in [3.63, 3.8) is 0 Å². The first-order valence-corrected chi connectivity index (χ1v) is 10.7. The van der Waals surface area contributed by atoms with Crippen LogP contribution in [-0.4, -0.2) is 26.5 Å². The van der Waals surface area contributed by atoms with Gasteiger partial charge in [-0.25, -0.2) is 8.42 Å². The summed E-state index contributed by atoms with van der Waals surface area (Å²) in [6, 6.07) is 15.3. The molecule has 0 atom stereocenters. The lowest BCUT2D eigenvalue weighted by atomic mass is 10.1. The average Bonchev–Trinajstić information content (AvgIpc) is 3.16. The maximum Gasteiger partial charge on any atom is 0.236 e. The Kier molecular flexibility index (Phi) is 4.93. The van der Waals surface area contributed by atoms with Crippen LogP contribution in [0.2, 0.25) is 5.02 Å². The van der Waals surface area contributed by atoms with Gasteiger partial charge in [0.25, 0.3) is 0 Å². The van der Waals surface area contributed by atoms with Crippen LogP contribution in [0.4, 0.5) is 5.88 Å². The molecule has 4 rings (SSSR count). The number of hydrogen-bond acceptors (Lipinski definition) is 5. The molecule has 5 nitrogen and oxygen atoms in total. The molecule has 0 aliphatic carbocycles. The van der Waals surface area contributed by atoms with E-state index in [0.717, 1.165) is 32.4 Å². The van der Waals surface area contributed by atoms with Gasteiger partial charge in [-0.2, -0.15) is 4.98 Å². The maximum atomic E-state index is 13.2. The highest BCUT2D eigenvalue weighted by Crippen LogP contribution is 2.36. The summed E-state index contributed by atoms with van der Waals surface area (Å²) >= 11 is 5.95. The summed E-state index contributed by atoms with van der Waals surface area (Å²) < 4.78 is 32.4. The van der Waals surface area contributed by atoms with Crippen molar-refractivity contribution in [1.82, 2.24) is 4.98 Å². The molecular formula is C20H19ClN2O3S. The first kappa shape index (κ1) is 18.1. The Morgan fingerprint density at radius 1 is 0.926 bits per heavy atom. The molecular weight excluding hydrogens is 384 g/mol. The molecule has 0 N–H and O–H groups in total. The predicted octanol–water partition coefficient (Wildman–Crippen LogP) is 4.82. The second kappa shape index (κ2) is 7.37. The third-order valence-electron chi connectivity index (χ3n) is 4.62. The summed E-state index contributed by atoms with van der Waals surface area (Å²) in [6.07, 6.45) is 3.14. The van der Waals surface area contributed by atoms with Crippen LogP contribution < -0.4 is 4.90 Å². The predicted molar refractivity (Wildman–Crippen MR) is 105 cm³/mol. The number of benzene rings is 2. The number of rotatable bonds is 4. The van der Waals surface area contributed by atoms with Crippen LogP contribution in [0.5, 0.6) is 0 Å². The fraction of sp³-hybridized carbons (Fsp3) is 0.250. The van der Waals surface area contributed by atoms with Gasteiger partial charge in [0.05, 0.1) is 4.90 Å². The number of halogens is 1. The third-order valence-corrected chi connectivity index (χ3v) is 6.54. The van der Waals surface area contributed by atoms with Crippen LogP contribution in [0.15, 0.2) is 68.9 Å². The van der Waals surface area contributed by atoms with Crippen LogP contribution in [-0.2, 0) is 9.84 Å². The van der Waals surface area contributed by atoms with E-state index in [9.17, 15) is 8.42 Å². The lowest BCUT2D eigenvalue weighted by Crippen LogP contribution is -2.30. The highest BCUT2D eigenvalue weighted by Gasteiger charge is 2.31. The maximum absolute atomic E-state index is 13.2. The first-order chi connectivity index (χ1) is 13.1. The molecule has 1 fully saturated rings. The number of oxazole rings is 1. The Morgan fingerprint density at radius 2 is 1.59 bits per heavy atom. The Morgan fingerprint density at radius 3 is 2.26 bits per heavy atom. The topological polar surface area (TPSA) is 63.4 Å². The van der Waals surface area contributed by atoms with E-state index in [1.807, 2.05) is 4.90 Å². The molecule has 1 aromatic heterocycles. The van der Waals surface area contributed by atoms with Crippen molar-refractivity contribution >= 4 is 27.3 Å². The van der Waals surface area contributed by atoms with E-state index in [1.54, 1.807) is 54.6 Å². The van der Waals surface area contributed by atoms with E-state index in [2.05, 4.69) is 4.98 Å². The molecule has 0 bridgehead atoms. The molecule has 3 aromatic rings. The molecule has 1 aliphatic rings. The average molecular weight is 403 g/mol. The summed E-state index contributed by atoms with van der Waals surface area (Å²) in [4.78, 5) is 6.58. The van der Waals surface area contributed by atoms with Crippen LogP contribution in [0, 0.1) is 0 Å². The van der Waals surface area contributed by atoms with Crippen molar-refractivity contribution in [2.45, 2.75) is 29.2 Å². The number of anilines is 1. The first-order valence-electron chi connectivity index (χ1n) is 8.87. The molecule has 140 valence electrons. The fourth-order valence-electron chi connectivity index (χ4n) is 3.20. The van der Waals surface area contributed by atoms with Gasteiger partial charge in [-0.15, -0.1) is 0 Å². The lowest BCUT2D eigenvalue weighted by molar-refractivity contribution is 0.499. The van der Waals surface area contributed by atoms with Crippen LogP contribution >= 0.6 is 11.6 Å². The van der Waals surface area contributed by atoms with Gasteiger partial charge >= 0.3 is 0 Å². The van der Waals surface area contributed by atoms with Crippen molar-refractivity contribution in [1.29, 1.82) is 0 Å². The Labute approximate surface area is 163 Å². The number of nitrogens with zero attached hydrogens (tertiary/aromatic N) is 2. The Hall–Kier alpha value is -2.31. The summed E-state index contributed by atoms with van der Waals surface area (Å²) in [6.45, 7) is 1.51. The summed E-state index contributed by atoms with van der Waals surface area (Å²) in [5, 5.41) is 0.569. The molecule has 0 amide bonds. The number of aromatic nitrogens is 1. The Balaban J connectivity index is 1.84. The zero-order valence-electron chi connectivity index (χ0n) is 14.6. The van der Waals surface area contributed by atoms with Crippen LogP contribution in [0.1, 0.15) is 19.3 Å². The smallest absolute Gasteiger partial charge is 0.236 e. The highest BCUT2D eigenvalue weighted by atomic mass is 35.5. The lowest BCUT2D eigenvalue weighted by Gasteiger charge is -2.26. The molecule has 2 aromatic carbocycles. The van der Waals surface area contributed by atoms with E-state index in [4.69, 9.17) is 16.0 Å². The monoisotopic (exact) mass is 402 g/mol. The molecule has 2 heterocycles. The second-order valence-electron chi connectivity index (χ2n) is 6.50. The van der Waals surface area contributed by atoms with E-state index < -0.39 is 9.84 Å². The number of piperidine rings is 1. The van der Waals surface area contributed by atoms with Gasteiger partial charge in [-0.3, -0.25) is 0 Å². The minimum Gasteiger partial charge on any atom is -0.419 e. The minimum atomic E-state index is -3.79. The van der Waals surface area contributed by atoms with Gasteiger partial charge in [-0.05, 0) is 55.7 Å². The molecule has 0 radical (unpaired) electrons. The van der Waals surface area contributed by atoms with Gasteiger partial charge in [-0.1, -0.05) is 29.8 Å². The van der Waals surface area contributed by atoms with Gasteiger partial charge in [0, 0.05) is 23.7 Å². The molecule has 0 unspecified atom stereocenters. The van der Waals surface area contributed by atoms with E-state index in [-0.39, 0.29) is 15.8 Å². The van der Waals surface area contributed by atoms with E-state index >= 15 is 0 Å². The largest absolute Gasteiger partial charge is 0.419 e. The van der Waals surface area contributed by atoms with Crippen molar-refractivity contribution in [2.75, 3.05) is 18.0 Å². The number of hydrogen-bond donors (Lipinski definition) is 0. The van der Waals surface area contributed by atoms with Crippen molar-refractivity contribution in [3.8, 4) is 11.5 Å². The fourth-order valence-corrected chi connectivity index (χ4v) is 4.67. The molecule has 1 saturated heterocycles. The van der Waals surface area contributed by atoms with Crippen molar-refractivity contribution in [2.24, 2.45) is 0 Å².